The van der Waals surface area contributed by atoms with Crippen molar-refractivity contribution in [3.05, 3.63) is 169 Å². The zero-order valence-electron chi connectivity index (χ0n) is 29.2. The van der Waals surface area contributed by atoms with Crippen molar-refractivity contribution in [1.29, 1.82) is 0 Å². The molecule has 250 valence electrons. The van der Waals surface area contributed by atoms with Crippen LogP contribution in [0.25, 0.3) is 93.0 Å². The summed E-state index contributed by atoms with van der Waals surface area (Å²) >= 11 is 1.80. The van der Waals surface area contributed by atoms with E-state index in [4.69, 9.17) is 15.0 Å². The molecule has 0 radical (unpaired) electrons. The van der Waals surface area contributed by atoms with Crippen molar-refractivity contribution < 1.29 is 0 Å². The van der Waals surface area contributed by atoms with Crippen LogP contribution in [0.15, 0.2) is 158 Å². The summed E-state index contributed by atoms with van der Waals surface area (Å²) in [7, 11) is 0. The molecule has 0 saturated carbocycles. The second-order valence-corrected chi connectivity index (χ2v) is 15.6. The lowest BCUT2D eigenvalue weighted by atomic mass is 9.82. The fourth-order valence-electron chi connectivity index (χ4n) is 8.42. The van der Waals surface area contributed by atoms with Crippen LogP contribution in [0.2, 0.25) is 0 Å². The number of benzene rings is 7. The third-order valence-electron chi connectivity index (χ3n) is 11.1. The third-order valence-corrected chi connectivity index (χ3v) is 12.2. The molecule has 7 aromatic carbocycles. The quantitative estimate of drug-likeness (QED) is 0.184. The van der Waals surface area contributed by atoms with E-state index in [9.17, 15) is 0 Å². The largest absolute Gasteiger partial charge is 0.309 e. The molecule has 0 saturated heterocycles. The van der Waals surface area contributed by atoms with E-state index in [1.165, 1.54) is 64.2 Å². The highest BCUT2D eigenvalue weighted by molar-refractivity contribution is 7.25. The van der Waals surface area contributed by atoms with Gasteiger partial charge in [0.25, 0.3) is 0 Å². The number of fused-ring (bicyclic) bond motifs is 9. The van der Waals surface area contributed by atoms with Crippen LogP contribution in [0.3, 0.4) is 0 Å². The van der Waals surface area contributed by atoms with Gasteiger partial charge in [0.05, 0.1) is 11.0 Å². The maximum absolute atomic E-state index is 5.10. The van der Waals surface area contributed by atoms with Crippen LogP contribution < -0.4 is 0 Å². The molecule has 4 nitrogen and oxygen atoms in total. The number of hydrogen-bond donors (Lipinski definition) is 0. The first-order chi connectivity index (χ1) is 26.0. The van der Waals surface area contributed by atoms with Crippen LogP contribution >= 0.6 is 11.3 Å². The van der Waals surface area contributed by atoms with Gasteiger partial charge in [0.15, 0.2) is 17.5 Å². The van der Waals surface area contributed by atoms with Crippen molar-refractivity contribution in [1.82, 2.24) is 19.5 Å². The highest BCUT2D eigenvalue weighted by Crippen LogP contribution is 2.51. The molecule has 0 bridgehead atoms. The van der Waals surface area contributed by atoms with Crippen molar-refractivity contribution >= 4 is 53.3 Å². The Labute approximate surface area is 310 Å². The standard InChI is InChI=1S/C48H32N4S/c1-48(2)39-17-9-6-14-33(39)37-28-42-38(27-40(37)48)34-15-7-10-18-41(34)52(42)32-23-20-30(21-24-32)46-49-45(29-12-4-3-5-13-29)50-47(51-46)31-22-25-36-35-16-8-11-19-43(35)53-44(36)26-31/h3-28H,1-2H3. The second kappa shape index (κ2) is 11.3. The zero-order chi connectivity index (χ0) is 35.3. The van der Waals surface area contributed by atoms with Gasteiger partial charge in [-0.05, 0) is 76.9 Å². The number of nitrogens with zero attached hydrogens (tertiary/aromatic N) is 4. The van der Waals surface area contributed by atoms with E-state index >= 15 is 0 Å². The van der Waals surface area contributed by atoms with Gasteiger partial charge in [0.2, 0.25) is 0 Å². The number of para-hydroxylation sites is 1. The van der Waals surface area contributed by atoms with Gasteiger partial charge in [0, 0.05) is 58.7 Å². The normalized spacial score (nSPS) is 13.2. The zero-order valence-corrected chi connectivity index (χ0v) is 30.0. The topological polar surface area (TPSA) is 43.6 Å². The summed E-state index contributed by atoms with van der Waals surface area (Å²) in [6, 6.07) is 56.4. The number of rotatable bonds is 4. The maximum atomic E-state index is 5.10. The molecule has 0 amide bonds. The van der Waals surface area contributed by atoms with Gasteiger partial charge in [-0.1, -0.05) is 117 Å². The molecule has 53 heavy (non-hydrogen) atoms. The summed E-state index contributed by atoms with van der Waals surface area (Å²) < 4.78 is 4.90. The summed E-state index contributed by atoms with van der Waals surface area (Å²) in [5.74, 6) is 1.97. The van der Waals surface area contributed by atoms with Crippen molar-refractivity contribution in [2.24, 2.45) is 0 Å². The molecule has 0 aliphatic heterocycles. The Balaban J connectivity index is 1.06. The minimum absolute atomic E-state index is 0.0589. The Bertz CT molecular complexity index is 3080. The third kappa shape index (κ3) is 4.57. The maximum Gasteiger partial charge on any atom is 0.164 e. The molecule has 0 atom stereocenters. The Hall–Kier alpha value is -6.43. The van der Waals surface area contributed by atoms with E-state index in [2.05, 4.69) is 158 Å². The van der Waals surface area contributed by atoms with Gasteiger partial charge in [-0.15, -0.1) is 11.3 Å². The van der Waals surface area contributed by atoms with E-state index in [1.807, 2.05) is 18.2 Å². The summed E-state index contributed by atoms with van der Waals surface area (Å²) in [5, 5.41) is 5.06. The molecule has 0 spiro atoms. The van der Waals surface area contributed by atoms with Crippen LogP contribution in [0, 0.1) is 0 Å². The van der Waals surface area contributed by atoms with E-state index in [1.54, 1.807) is 11.3 Å². The van der Waals surface area contributed by atoms with E-state index < -0.39 is 0 Å². The van der Waals surface area contributed by atoms with Crippen LogP contribution in [-0.4, -0.2) is 19.5 Å². The Morgan fingerprint density at radius 2 is 1.06 bits per heavy atom. The monoisotopic (exact) mass is 696 g/mol. The predicted octanol–water partition coefficient (Wildman–Crippen LogP) is 12.6. The summed E-state index contributed by atoms with van der Waals surface area (Å²) in [5.41, 5.74) is 11.7. The van der Waals surface area contributed by atoms with Crippen LogP contribution in [-0.2, 0) is 5.41 Å². The van der Waals surface area contributed by atoms with Crippen LogP contribution in [0.5, 0.6) is 0 Å². The second-order valence-electron chi connectivity index (χ2n) is 14.5. The van der Waals surface area contributed by atoms with Crippen LogP contribution in [0.4, 0.5) is 0 Å². The number of hydrogen-bond acceptors (Lipinski definition) is 4. The molecule has 1 aliphatic rings. The van der Waals surface area contributed by atoms with Crippen molar-refractivity contribution in [2.45, 2.75) is 19.3 Å². The van der Waals surface area contributed by atoms with Gasteiger partial charge in [-0.2, -0.15) is 0 Å². The van der Waals surface area contributed by atoms with Crippen molar-refractivity contribution in [3.8, 4) is 51.0 Å². The molecule has 1 aliphatic carbocycles. The molecular formula is C48H32N4S. The molecule has 0 fully saturated rings. The molecule has 3 heterocycles. The van der Waals surface area contributed by atoms with E-state index in [-0.39, 0.29) is 5.41 Å². The molecule has 3 aromatic heterocycles. The average Bonchev–Trinajstić information content (AvgIpc) is 3.82. The molecule has 5 heteroatoms. The number of aromatic nitrogens is 4. The molecule has 0 N–H and O–H groups in total. The Kier molecular flexibility index (Phi) is 6.43. The Morgan fingerprint density at radius 1 is 0.434 bits per heavy atom. The highest BCUT2D eigenvalue weighted by atomic mass is 32.1. The fraction of sp³-hybridized carbons (Fsp3) is 0.0625. The van der Waals surface area contributed by atoms with Crippen LogP contribution in [0.1, 0.15) is 25.0 Å². The van der Waals surface area contributed by atoms with Gasteiger partial charge < -0.3 is 4.57 Å². The highest BCUT2D eigenvalue weighted by Gasteiger charge is 2.36. The number of thiophene rings is 1. The van der Waals surface area contributed by atoms with Crippen molar-refractivity contribution in [2.75, 3.05) is 0 Å². The lowest BCUT2D eigenvalue weighted by molar-refractivity contribution is 0.661. The lowest BCUT2D eigenvalue weighted by Gasteiger charge is -2.21. The minimum atomic E-state index is -0.0589. The SMILES string of the molecule is CC1(C)c2ccccc2-c2cc3c(cc21)c1ccccc1n3-c1ccc(-c2nc(-c3ccccc3)nc(-c3ccc4c(c3)sc3ccccc34)n2)cc1. The first-order valence-electron chi connectivity index (χ1n) is 18.0. The average molecular weight is 697 g/mol. The predicted molar refractivity (Wildman–Crippen MR) is 221 cm³/mol. The lowest BCUT2D eigenvalue weighted by Crippen LogP contribution is -2.14. The van der Waals surface area contributed by atoms with Crippen molar-refractivity contribution in [3.63, 3.8) is 0 Å². The van der Waals surface area contributed by atoms with Gasteiger partial charge in [-0.3, -0.25) is 0 Å². The minimum Gasteiger partial charge on any atom is -0.309 e. The van der Waals surface area contributed by atoms with Gasteiger partial charge in [0.1, 0.15) is 0 Å². The fourth-order valence-corrected chi connectivity index (χ4v) is 9.56. The van der Waals surface area contributed by atoms with E-state index in [0.29, 0.717) is 17.5 Å². The molecular weight excluding hydrogens is 665 g/mol. The first-order valence-corrected chi connectivity index (χ1v) is 18.8. The smallest absolute Gasteiger partial charge is 0.164 e. The molecule has 11 rings (SSSR count). The summed E-state index contributed by atoms with van der Waals surface area (Å²) in [6.07, 6.45) is 0. The molecule has 10 aromatic rings. The molecule has 0 unspecified atom stereocenters. The Morgan fingerprint density at radius 3 is 1.87 bits per heavy atom. The van der Waals surface area contributed by atoms with E-state index in [0.717, 1.165) is 22.4 Å². The first kappa shape index (κ1) is 30.2. The summed E-state index contributed by atoms with van der Waals surface area (Å²) in [4.78, 5) is 15.2. The van der Waals surface area contributed by atoms with Gasteiger partial charge in [-0.25, -0.2) is 15.0 Å². The summed E-state index contributed by atoms with van der Waals surface area (Å²) in [6.45, 7) is 4.69. The van der Waals surface area contributed by atoms with Gasteiger partial charge >= 0.3 is 0 Å².